The number of amides is 4. The molecule has 3 atom stereocenters. The summed E-state index contributed by atoms with van der Waals surface area (Å²) >= 11 is 1.85. The van der Waals surface area contributed by atoms with Crippen LogP contribution in [-0.4, -0.2) is 90.5 Å². The highest BCUT2D eigenvalue weighted by atomic mass is 32.2. The van der Waals surface area contributed by atoms with Crippen LogP contribution in [0.1, 0.15) is 48.3 Å². The van der Waals surface area contributed by atoms with Crippen LogP contribution in [0.3, 0.4) is 0 Å². The monoisotopic (exact) mass is 727 g/mol. The van der Waals surface area contributed by atoms with Crippen LogP contribution in [0.15, 0.2) is 54.7 Å². The molecule has 2 aromatic carbocycles. The summed E-state index contributed by atoms with van der Waals surface area (Å²) in [5.41, 5.74) is 5.30. The van der Waals surface area contributed by atoms with Gasteiger partial charge in [-0.15, -0.1) is 5.10 Å². The molecular weight excluding hydrogens is 683 g/mol. The van der Waals surface area contributed by atoms with Gasteiger partial charge < -0.3 is 31.3 Å². The lowest BCUT2D eigenvalue weighted by Crippen LogP contribution is -2.37. The molecule has 52 heavy (non-hydrogen) atoms. The van der Waals surface area contributed by atoms with Gasteiger partial charge in [-0.25, -0.2) is 9.48 Å². The predicted octanol–water partition coefficient (Wildman–Crippen LogP) is 2.94. The van der Waals surface area contributed by atoms with Crippen LogP contribution in [0.4, 0.5) is 10.7 Å². The molecule has 0 saturated carbocycles. The molecule has 0 unspecified atom stereocenters. The van der Waals surface area contributed by atoms with Crippen molar-refractivity contribution in [3.05, 3.63) is 77.4 Å². The Balaban J connectivity index is 0.859. The molecule has 2 fully saturated rings. The molecule has 0 radical (unpaired) electrons. The Labute approximate surface area is 306 Å². The maximum absolute atomic E-state index is 12.6. The van der Waals surface area contributed by atoms with Crippen molar-refractivity contribution in [2.75, 3.05) is 30.7 Å². The summed E-state index contributed by atoms with van der Waals surface area (Å²) in [5, 5.41) is 23.4. The van der Waals surface area contributed by atoms with Crippen molar-refractivity contribution in [3.63, 3.8) is 0 Å². The van der Waals surface area contributed by atoms with E-state index in [9.17, 15) is 14.4 Å². The number of hydrogen-bond acceptors (Lipinski definition) is 11. The summed E-state index contributed by atoms with van der Waals surface area (Å²) < 4.78 is 7.68. The van der Waals surface area contributed by atoms with Crippen molar-refractivity contribution in [1.29, 1.82) is 0 Å². The zero-order valence-electron chi connectivity index (χ0n) is 29.4. The first-order valence-corrected chi connectivity index (χ1v) is 18.7. The number of nitrogens with zero attached hydrogens (tertiary/aromatic N) is 6. The average molecular weight is 728 g/mol. The number of urea groups is 1. The summed E-state index contributed by atoms with van der Waals surface area (Å²) in [6.07, 6.45) is 4.45. The van der Waals surface area contributed by atoms with Crippen LogP contribution in [0.5, 0.6) is 6.01 Å². The maximum atomic E-state index is 12.6. The van der Waals surface area contributed by atoms with Gasteiger partial charge in [0.2, 0.25) is 17.8 Å². The summed E-state index contributed by atoms with van der Waals surface area (Å²) in [4.78, 5) is 49.6. The number of aryl methyl sites for hydroxylation is 2. The van der Waals surface area contributed by atoms with E-state index in [4.69, 9.17) is 4.74 Å². The number of fused-ring (bicyclic) bond motifs is 1. The van der Waals surface area contributed by atoms with Gasteiger partial charge in [-0.05, 0) is 55.4 Å². The fourth-order valence-electron chi connectivity index (χ4n) is 6.38. The first-order valence-electron chi connectivity index (χ1n) is 17.6. The van der Waals surface area contributed by atoms with Gasteiger partial charge in [0, 0.05) is 43.5 Å². The van der Waals surface area contributed by atoms with E-state index in [0.717, 1.165) is 46.5 Å². The summed E-state index contributed by atoms with van der Waals surface area (Å²) in [6, 6.07) is 16.9. The molecule has 274 valence electrons. The first-order chi connectivity index (χ1) is 25.3. The number of carbonyl (C=O) groups excluding carboxylic acids is 3. The molecule has 15 nitrogen and oxygen atoms in total. The second kappa shape index (κ2) is 17.8. The molecule has 0 aliphatic carbocycles. The molecule has 4 aromatic rings. The van der Waals surface area contributed by atoms with Crippen molar-refractivity contribution < 1.29 is 19.1 Å². The lowest BCUT2D eigenvalue weighted by Gasteiger charge is -2.16. The molecule has 2 aliphatic heterocycles. The van der Waals surface area contributed by atoms with Gasteiger partial charge in [-0.2, -0.15) is 26.7 Å². The quantitative estimate of drug-likeness (QED) is 0.0749. The number of anilines is 1. The number of ether oxygens (including phenoxy) is 1. The SMILES string of the molecule is Cc1nc(NCCNC(=O)CCc2cnnn2CCNC(=O)CCC[C@H]2SC[C@H]3NC(=O)N[C@H]32)nc(OCc2cccc(-c3ccccc3)c2C)n1. The Kier molecular flexibility index (Phi) is 12.5. The van der Waals surface area contributed by atoms with Crippen molar-refractivity contribution in [1.82, 2.24) is 51.2 Å². The van der Waals surface area contributed by atoms with E-state index in [2.05, 4.69) is 77.0 Å². The average Bonchev–Trinajstić information content (AvgIpc) is 3.85. The van der Waals surface area contributed by atoms with Gasteiger partial charge in [0.05, 0.1) is 30.5 Å². The number of rotatable bonds is 18. The van der Waals surface area contributed by atoms with Crippen LogP contribution >= 0.6 is 11.8 Å². The third-order valence-corrected chi connectivity index (χ3v) is 10.6. The maximum Gasteiger partial charge on any atom is 0.321 e. The van der Waals surface area contributed by atoms with Crippen molar-refractivity contribution in [2.24, 2.45) is 0 Å². The molecule has 5 N–H and O–H groups in total. The predicted molar refractivity (Wildman–Crippen MR) is 198 cm³/mol. The highest BCUT2D eigenvalue weighted by Gasteiger charge is 2.42. The smallest absolute Gasteiger partial charge is 0.321 e. The van der Waals surface area contributed by atoms with Crippen LogP contribution < -0.4 is 31.3 Å². The zero-order chi connectivity index (χ0) is 36.3. The first kappa shape index (κ1) is 36.5. The Hall–Kier alpha value is -5.25. The summed E-state index contributed by atoms with van der Waals surface area (Å²) in [6.45, 7) is 5.85. The molecule has 4 heterocycles. The Morgan fingerprint density at radius 3 is 2.65 bits per heavy atom. The lowest BCUT2D eigenvalue weighted by atomic mass is 9.97. The largest absolute Gasteiger partial charge is 0.458 e. The molecule has 2 saturated heterocycles. The number of hydrogen-bond donors (Lipinski definition) is 5. The zero-order valence-corrected chi connectivity index (χ0v) is 30.2. The third-order valence-electron chi connectivity index (χ3n) is 9.13. The Morgan fingerprint density at radius 1 is 0.962 bits per heavy atom. The van der Waals surface area contributed by atoms with Gasteiger partial charge in [-0.3, -0.25) is 9.59 Å². The summed E-state index contributed by atoms with van der Waals surface area (Å²) in [5.74, 6) is 1.68. The third kappa shape index (κ3) is 9.96. The van der Waals surface area contributed by atoms with Gasteiger partial charge in [0.15, 0.2) is 0 Å². The number of nitrogens with one attached hydrogen (secondary N) is 5. The normalized spacial score (nSPS) is 17.6. The van der Waals surface area contributed by atoms with E-state index in [1.807, 2.05) is 42.1 Å². The molecule has 6 rings (SSSR count). The summed E-state index contributed by atoms with van der Waals surface area (Å²) in [7, 11) is 0. The molecule has 2 aromatic heterocycles. The molecule has 0 spiro atoms. The van der Waals surface area contributed by atoms with Crippen LogP contribution in [0, 0.1) is 13.8 Å². The fraction of sp³-hybridized carbons (Fsp3) is 0.444. The minimum Gasteiger partial charge on any atom is -0.458 e. The minimum absolute atomic E-state index is 0.0150. The number of benzene rings is 2. The molecule has 0 bridgehead atoms. The lowest BCUT2D eigenvalue weighted by molar-refractivity contribution is -0.121. The van der Waals surface area contributed by atoms with E-state index in [-0.39, 0.29) is 42.4 Å². The second-order valence-corrected chi connectivity index (χ2v) is 14.1. The van der Waals surface area contributed by atoms with Crippen molar-refractivity contribution >= 4 is 35.6 Å². The van der Waals surface area contributed by atoms with Crippen molar-refractivity contribution in [3.8, 4) is 17.1 Å². The van der Waals surface area contributed by atoms with Crippen molar-refractivity contribution in [2.45, 2.75) is 76.4 Å². The number of carbonyl (C=O) groups is 3. The van der Waals surface area contributed by atoms with Gasteiger partial charge in [0.25, 0.3) is 0 Å². The van der Waals surface area contributed by atoms with E-state index >= 15 is 0 Å². The highest BCUT2D eigenvalue weighted by Crippen LogP contribution is 2.33. The van der Waals surface area contributed by atoms with Gasteiger partial charge in [-0.1, -0.05) is 53.7 Å². The second-order valence-electron chi connectivity index (χ2n) is 12.8. The van der Waals surface area contributed by atoms with Crippen LogP contribution in [0.2, 0.25) is 0 Å². The van der Waals surface area contributed by atoms with Crippen LogP contribution in [0.25, 0.3) is 11.1 Å². The number of aromatic nitrogens is 6. The number of thioether (sulfide) groups is 1. The Morgan fingerprint density at radius 2 is 1.79 bits per heavy atom. The van der Waals surface area contributed by atoms with E-state index < -0.39 is 0 Å². The van der Waals surface area contributed by atoms with Crippen LogP contribution in [-0.2, 0) is 29.2 Å². The molecular formula is C36H45N11O4S. The molecule has 16 heteroatoms. The Bertz CT molecular complexity index is 1840. The van der Waals surface area contributed by atoms with Gasteiger partial charge >= 0.3 is 12.0 Å². The van der Waals surface area contributed by atoms with Gasteiger partial charge in [0.1, 0.15) is 12.4 Å². The highest BCUT2D eigenvalue weighted by molar-refractivity contribution is 8.00. The van der Waals surface area contributed by atoms with E-state index in [1.54, 1.807) is 17.8 Å². The minimum atomic E-state index is -0.105. The molecule has 2 aliphatic rings. The van der Waals surface area contributed by atoms with E-state index in [1.165, 1.54) is 0 Å². The standard InChI is InChI=1S/C36H45N11O4S/c1-23-26(10-6-11-28(23)25-8-4-3-5-9-25)21-51-36-42-24(2)41-34(45-36)39-17-16-37-32(49)15-14-27-20-40-46-47(27)19-18-38-31(48)13-7-12-30-33-29(22-52-30)43-35(50)44-33/h3-6,8-11,20,29-30,33H,7,12-19,21-22H2,1-2H3,(H,37,49)(H,38,48)(H2,43,44,50)(H,39,41,42,45)/t29-,30-,33-/m1/s1. The van der Waals surface area contributed by atoms with E-state index in [0.29, 0.717) is 62.7 Å². The molecule has 4 amide bonds. The fourth-order valence-corrected chi connectivity index (χ4v) is 7.92. The topological polar surface area (TPSA) is 190 Å².